The Morgan fingerprint density at radius 1 is 0.969 bits per heavy atom. The Morgan fingerprint density at radius 2 is 1.66 bits per heavy atom. The van der Waals surface area contributed by atoms with Crippen molar-refractivity contribution < 1.29 is 14.3 Å². The van der Waals surface area contributed by atoms with E-state index in [0.717, 1.165) is 28.3 Å². The third-order valence-electron chi connectivity index (χ3n) is 5.87. The van der Waals surface area contributed by atoms with Crippen LogP contribution in [0.25, 0.3) is 10.8 Å². The number of benzene rings is 3. The van der Waals surface area contributed by atoms with E-state index in [0.29, 0.717) is 12.3 Å². The summed E-state index contributed by atoms with van der Waals surface area (Å²) in [4.78, 5) is 27.7. The van der Waals surface area contributed by atoms with Crippen LogP contribution >= 0.6 is 0 Å². The average molecular weight is 433 g/mol. The van der Waals surface area contributed by atoms with Crippen molar-refractivity contribution in [2.45, 2.75) is 52.7 Å². The lowest BCUT2D eigenvalue weighted by Gasteiger charge is -2.30. The molecule has 3 aromatic rings. The van der Waals surface area contributed by atoms with Gasteiger partial charge in [-0.3, -0.25) is 9.59 Å². The molecule has 0 spiro atoms. The molecule has 0 radical (unpaired) electrons. The summed E-state index contributed by atoms with van der Waals surface area (Å²) in [6.07, 6.45) is 0.828. The van der Waals surface area contributed by atoms with Gasteiger partial charge < -0.3 is 15.0 Å². The van der Waals surface area contributed by atoms with Crippen LogP contribution in [0.15, 0.2) is 66.7 Å². The zero-order chi connectivity index (χ0) is 23.1. The van der Waals surface area contributed by atoms with Gasteiger partial charge in [0.25, 0.3) is 5.91 Å². The second kappa shape index (κ2) is 10.8. The molecule has 3 rings (SSSR count). The number of rotatable bonds is 9. The van der Waals surface area contributed by atoms with E-state index in [2.05, 4.69) is 5.32 Å². The Labute approximate surface area is 190 Å². The van der Waals surface area contributed by atoms with E-state index in [-0.39, 0.29) is 24.5 Å². The number of nitrogens with one attached hydrogen (secondary N) is 1. The van der Waals surface area contributed by atoms with E-state index in [1.165, 1.54) is 0 Å². The molecule has 32 heavy (non-hydrogen) atoms. The van der Waals surface area contributed by atoms with Gasteiger partial charge in [0.1, 0.15) is 11.8 Å². The van der Waals surface area contributed by atoms with Gasteiger partial charge in [0, 0.05) is 18.0 Å². The maximum Gasteiger partial charge on any atom is 0.261 e. The minimum atomic E-state index is -0.618. The van der Waals surface area contributed by atoms with Crippen molar-refractivity contribution in [3.05, 3.63) is 77.9 Å². The largest absolute Gasteiger partial charge is 0.483 e. The number of amides is 2. The van der Waals surface area contributed by atoms with Crippen molar-refractivity contribution in [3.8, 4) is 5.75 Å². The van der Waals surface area contributed by atoms with Crippen LogP contribution in [0.1, 0.15) is 38.3 Å². The maximum atomic E-state index is 13.3. The normalized spacial score (nSPS) is 12.8. The highest BCUT2D eigenvalue weighted by Crippen LogP contribution is 2.25. The molecule has 2 amide bonds. The summed E-state index contributed by atoms with van der Waals surface area (Å²) in [5, 5.41) is 5.00. The number of carbonyl (C=O) groups is 2. The third kappa shape index (κ3) is 5.67. The van der Waals surface area contributed by atoms with Crippen molar-refractivity contribution in [1.82, 2.24) is 10.2 Å². The number of carbonyl (C=O) groups excluding carboxylic acids is 2. The van der Waals surface area contributed by atoms with E-state index in [9.17, 15) is 9.59 Å². The molecule has 0 aliphatic carbocycles. The summed E-state index contributed by atoms with van der Waals surface area (Å²) in [5.74, 6) is 0.267. The molecule has 0 aromatic heterocycles. The van der Waals surface area contributed by atoms with Gasteiger partial charge in [-0.15, -0.1) is 0 Å². The second-order valence-electron chi connectivity index (χ2n) is 8.21. The maximum absolute atomic E-state index is 13.3. The first-order chi connectivity index (χ1) is 15.4. The van der Waals surface area contributed by atoms with E-state index >= 15 is 0 Å². The summed E-state index contributed by atoms with van der Waals surface area (Å²) >= 11 is 0. The SMILES string of the molecule is CC[C@@H](C)NC(=O)[C@H](C)N(Cc1ccccc1C)C(=O)COc1cccc2ccccc12. The molecular formula is C27H32N2O3. The highest BCUT2D eigenvalue weighted by molar-refractivity contribution is 5.90. The Morgan fingerprint density at radius 3 is 2.41 bits per heavy atom. The smallest absolute Gasteiger partial charge is 0.261 e. The van der Waals surface area contributed by atoms with Gasteiger partial charge in [-0.2, -0.15) is 0 Å². The van der Waals surface area contributed by atoms with Crippen molar-refractivity contribution in [2.75, 3.05) is 6.61 Å². The van der Waals surface area contributed by atoms with Gasteiger partial charge in [0.05, 0.1) is 0 Å². The lowest BCUT2D eigenvalue weighted by molar-refractivity contribution is -0.142. The molecule has 0 aliphatic heterocycles. The summed E-state index contributed by atoms with van der Waals surface area (Å²) in [5.41, 5.74) is 2.09. The van der Waals surface area contributed by atoms with Gasteiger partial charge in [-0.25, -0.2) is 0 Å². The lowest BCUT2D eigenvalue weighted by Crippen LogP contribution is -2.50. The first-order valence-corrected chi connectivity index (χ1v) is 11.2. The van der Waals surface area contributed by atoms with Crippen LogP contribution in [0, 0.1) is 6.92 Å². The Bertz CT molecular complexity index is 1070. The van der Waals surface area contributed by atoms with Crippen molar-refractivity contribution in [1.29, 1.82) is 0 Å². The van der Waals surface area contributed by atoms with Gasteiger partial charge in [0.2, 0.25) is 5.91 Å². The van der Waals surface area contributed by atoms with Crippen molar-refractivity contribution in [3.63, 3.8) is 0 Å². The number of nitrogens with zero attached hydrogens (tertiary/aromatic N) is 1. The van der Waals surface area contributed by atoms with E-state index in [1.54, 1.807) is 11.8 Å². The van der Waals surface area contributed by atoms with E-state index in [4.69, 9.17) is 4.74 Å². The van der Waals surface area contributed by atoms with Crippen LogP contribution in [0.5, 0.6) is 5.75 Å². The van der Waals surface area contributed by atoms with E-state index < -0.39 is 6.04 Å². The van der Waals surface area contributed by atoms with Gasteiger partial charge in [0.15, 0.2) is 6.61 Å². The average Bonchev–Trinajstić information content (AvgIpc) is 2.81. The Kier molecular flexibility index (Phi) is 7.87. The number of fused-ring (bicyclic) bond motifs is 1. The summed E-state index contributed by atoms with van der Waals surface area (Å²) in [6.45, 7) is 7.96. The fourth-order valence-electron chi connectivity index (χ4n) is 3.56. The fourth-order valence-corrected chi connectivity index (χ4v) is 3.56. The Balaban J connectivity index is 1.80. The molecular weight excluding hydrogens is 400 g/mol. The number of ether oxygens (including phenoxy) is 1. The Hall–Kier alpha value is -3.34. The fraction of sp³-hybridized carbons (Fsp3) is 0.333. The van der Waals surface area contributed by atoms with Crippen molar-refractivity contribution >= 4 is 22.6 Å². The molecule has 3 aromatic carbocycles. The molecule has 0 aliphatic rings. The first kappa shape index (κ1) is 23.3. The molecule has 1 N–H and O–H groups in total. The summed E-state index contributed by atoms with van der Waals surface area (Å²) < 4.78 is 5.94. The molecule has 5 heteroatoms. The molecule has 0 unspecified atom stereocenters. The first-order valence-electron chi connectivity index (χ1n) is 11.2. The van der Waals surface area contributed by atoms with Gasteiger partial charge in [-0.1, -0.05) is 67.6 Å². The molecule has 0 fully saturated rings. The zero-order valence-electron chi connectivity index (χ0n) is 19.3. The standard InChI is InChI=1S/C27H32N2O3/c1-5-20(3)28-27(31)21(4)29(17-23-13-7-6-11-19(23)2)26(30)18-32-25-16-10-14-22-12-8-9-15-24(22)25/h6-16,20-21H,5,17-18H2,1-4H3,(H,28,31)/t20-,21+/m1/s1. The number of aryl methyl sites for hydroxylation is 1. The second-order valence-corrected chi connectivity index (χ2v) is 8.21. The molecule has 168 valence electrons. The molecule has 0 saturated carbocycles. The summed E-state index contributed by atoms with van der Waals surface area (Å²) in [6, 6.07) is 21.0. The number of hydrogen-bond donors (Lipinski definition) is 1. The predicted molar refractivity (Wildman–Crippen MR) is 129 cm³/mol. The van der Waals surface area contributed by atoms with Crippen molar-refractivity contribution in [2.24, 2.45) is 0 Å². The number of hydrogen-bond acceptors (Lipinski definition) is 3. The lowest BCUT2D eigenvalue weighted by atomic mass is 10.1. The van der Waals surface area contributed by atoms with Crippen LogP contribution in [-0.2, 0) is 16.1 Å². The van der Waals surface area contributed by atoms with Crippen LogP contribution in [0.4, 0.5) is 0 Å². The van der Waals surface area contributed by atoms with Crippen LogP contribution in [0.2, 0.25) is 0 Å². The van der Waals surface area contributed by atoms with Crippen LogP contribution in [0.3, 0.4) is 0 Å². The minimum Gasteiger partial charge on any atom is -0.483 e. The minimum absolute atomic E-state index is 0.0484. The highest BCUT2D eigenvalue weighted by atomic mass is 16.5. The molecule has 0 heterocycles. The molecule has 0 saturated heterocycles. The molecule has 5 nitrogen and oxygen atoms in total. The quantitative estimate of drug-likeness (QED) is 0.525. The van der Waals surface area contributed by atoms with E-state index in [1.807, 2.05) is 87.5 Å². The molecule has 2 atom stereocenters. The van der Waals surface area contributed by atoms with Crippen LogP contribution < -0.4 is 10.1 Å². The third-order valence-corrected chi connectivity index (χ3v) is 5.87. The highest BCUT2D eigenvalue weighted by Gasteiger charge is 2.27. The predicted octanol–water partition coefficient (Wildman–Crippen LogP) is 4.86. The van der Waals surface area contributed by atoms with Crippen LogP contribution in [-0.4, -0.2) is 35.4 Å². The molecule has 0 bridgehead atoms. The summed E-state index contributed by atoms with van der Waals surface area (Å²) in [7, 11) is 0. The van der Waals surface area contributed by atoms with Gasteiger partial charge in [-0.05, 0) is 49.8 Å². The zero-order valence-corrected chi connectivity index (χ0v) is 19.3. The monoisotopic (exact) mass is 432 g/mol. The van der Waals surface area contributed by atoms with Gasteiger partial charge >= 0.3 is 0 Å². The topological polar surface area (TPSA) is 58.6 Å².